The zero-order valence-corrected chi connectivity index (χ0v) is 15.3. The maximum absolute atomic E-state index is 11.0. The predicted octanol–water partition coefficient (Wildman–Crippen LogP) is 2.93. The highest BCUT2D eigenvalue weighted by molar-refractivity contribution is 5.62. The summed E-state index contributed by atoms with van der Waals surface area (Å²) < 4.78 is 4.13. The lowest BCUT2D eigenvalue weighted by Crippen LogP contribution is -2.45. The molecule has 0 bridgehead atoms. The molecular weight excluding hydrogens is 288 g/mol. The van der Waals surface area contributed by atoms with Crippen molar-refractivity contribution in [3.63, 3.8) is 0 Å². The molecule has 1 rings (SSSR count). The highest BCUT2D eigenvalue weighted by atomic mass is 16.4. The van der Waals surface area contributed by atoms with E-state index >= 15 is 0 Å². The first kappa shape index (κ1) is 19.7. The second kappa shape index (κ2) is 11.3. The third-order valence-corrected chi connectivity index (χ3v) is 4.41. The van der Waals surface area contributed by atoms with E-state index in [0.717, 1.165) is 37.3 Å². The first-order valence-corrected chi connectivity index (χ1v) is 9.38. The van der Waals surface area contributed by atoms with Gasteiger partial charge in [0.15, 0.2) is 0 Å². The summed E-state index contributed by atoms with van der Waals surface area (Å²) in [5, 5.41) is 11.0. The Labute approximate surface area is 141 Å². The van der Waals surface area contributed by atoms with Crippen molar-refractivity contribution in [2.75, 3.05) is 0 Å². The molecule has 132 valence electrons. The zero-order valence-electron chi connectivity index (χ0n) is 15.3. The van der Waals surface area contributed by atoms with Gasteiger partial charge in [-0.3, -0.25) is 0 Å². The minimum Gasteiger partial charge on any atom is -0.546 e. The molecule has 0 atom stereocenters. The minimum atomic E-state index is -1.01. The van der Waals surface area contributed by atoms with Gasteiger partial charge < -0.3 is 9.90 Å². The van der Waals surface area contributed by atoms with Crippen molar-refractivity contribution in [3.05, 3.63) is 17.7 Å². The molecule has 0 aliphatic rings. The molecule has 0 aromatic carbocycles. The van der Waals surface area contributed by atoms with Crippen LogP contribution in [-0.4, -0.2) is 10.5 Å². The van der Waals surface area contributed by atoms with Crippen molar-refractivity contribution in [1.29, 1.82) is 0 Å². The first-order chi connectivity index (χ1) is 11.1. The van der Waals surface area contributed by atoms with E-state index in [1.54, 1.807) is 0 Å². The van der Waals surface area contributed by atoms with Crippen LogP contribution in [0.5, 0.6) is 0 Å². The standard InChI is InChI=1S/C19H34N2O2/c1-4-6-7-8-9-10-11-12-13-18-20(16-19(22)23)15-17(3)21(18)14-5-2/h15H,4-14,16H2,1-3H3. The van der Waals surface area contributed by atoms with E-state index < -0.39 is 5.97 Å². The zero-order chi connectivity index (χ0) is 17.1. The lowest BCUT2D eigenvalue weighted by molar-refractivity contribution is -0.697. The molecule has 0 radical (unpaired) electrons. The molecule has 0 spiro atoms. The number of carboxylic acids is 1. The van der Waals surface area contributed by atoms with Gasteiger partial charge in [-0.05, 0) is 12.8 Å². The fraction of sp³-hybridized carbons (Fsp3) is 0.789. The van der Waals surface area contributed by atoms with Crippen molar-refractivity contribution in [3.8, 4) is 0 Å². The Balaban J connectivity index is 2.48. The molecule has 23 heavy (non-hydrogen) atoms. The third kappa shape index (κ3) is 7.19. The number of aliphatic carboxylic acids is 1. The summed E-state index contributed by atoms with van der Waals surface area (Å²) >= 11 is 0. The molecule has 0 amide bonds. The quantitative estimate of drug-likeness (QED) is 0.414. The Morgan fingerprint density at radius 1 is 1.04 bits per heavy atom. The lowest BCUT2D eigenvalue weighted by Gasteiger charge is -2.06. The summed E-state index contributed by atoms with van der Waals surface area (Å²) in [4.78, 5) is 11.0. The van der Waals surface area contributed by atoms with Crippen LogP contribution in [0.3, 0.4) is 0 Å². The van der Waals surface area contributed by atoms with Crippen molar-refractivity contribution in [2.24, 2.45) is 0 Å². The van der Waals surface area contributed by atoms with Crippen LogP contribution in [0, 0.1) is 6.92 Å². The Morgan fingerprint density at radius 3 is 2.22 bits per heavy atom. The number of nitrogens with zero attached hydrogens (tertiary/aromatic N) is 2. The van der Waals surface area contributed by atoms with Crippen LogP contribution in [0.25, 0.3) is 0 Å². The van der Waals surface area contributed by atoms with E-state index in [9.17, 15) is 9.90 Å². The predicted molar refractivity (Wildman–Crippen MR) is 91.0 cm³/mol. The second-order valence-corrected chi connectivity index (χ2v) is 6.56. The molecular formula is C19H34N2O2. The molecule has 1 aromatic heterocycles. The Bertz CT molecular complexity index is 466. The van der Waals surface area contributed by atoms with Gasteiger partial charge in [-0.1, -0.05) is 58.8 Å². The van der Waals surface area contributed by atoms with Crippen LogP contribution in [0.2, 0.25) is 0 Å². The van der Waals surface area contributed by atoms with Gasteiger partial charge in [0, 0.05) is 13.3 Å². The topological polar surface area (TPSA) is 48.9 Å². The van der Waals surface area contributed by atoms with Crippen molar-refractivity contribution < 1.29 is 14.5 Å². The molecule has 0 saturated heterocycles. The normalized spacial score (nSPS) is 11.1. The second-order valence-electron chi connectivity index (χ2n) is 6.56. The van der Waals surface area contributed by atoms with E-state index in [4.69, 9.17) is 0 Å². The maximum Gasteiger partial charge on any atom is 0.256 e. The molecule has 0 fully saturated rings. The molecule has 4 heteroatoms. The number of carboxylic acid groups (broad SMARTS) is 1. The van der Waals surface area contributed by atoms with Crippen LogP contribution >= 0.6 is 0 Å². The number of rotatable bonds is 13. The highest BCUT2D eigenvalue weighted by Gasteiger charge is 2.19. The van der Waals surface area contributed by atoms with Gasteiger partial charge >= 0.3 is 0 Å². The first-order valence-electron chi connectivity index (χ1n) is 9.38. The largest absolute Gasteiger partial charge is 0.546 e. The Kier molecular flexibility index (Phi) is 9.65. The number of imidazole rings is 1. The third-order valence-electron chi connectivity index (χ3n) is 4.41. The summed E-state index contributed by atoms with van der Waals surface area (Å²) in [5.41, 5.74) is 1.14. The summed E-state index contributed by atoms with van der Waals surface area (Å²) in [5.74, 6) is 0.125. The SMILES string of the molecule is CCCCCCCCCCc1n(CCC)c(C)c[n+]1CC(=O)[O-]. The van der Waals surface area contributed by atoms with Gasteiger partial charge in [-0.2, -0.15) is 0 Å². The van der Waals surface area contributed by atoms with Gasteiger partial charge in [0.05, 0.1) is 12.5 Å². The van der Waals surface area contributed by atoms with Crippen LogP contribution in [0.15, 0.2) is 6.20 Å². The molecule has 0 N–H and O–H groups in total. The molecule has 0 unspecified atom stereocenters. The number of carbonyl (C=O) groups is 1. The summed E-state index contributed by atoms with van der Waals surface area (Å²) in [6, 6.07) is 0. The number of aromatic nitrogens is 2. The number of hydrogen-bond donors (Lipinski definition) is 0. The average Bonchev–Trinajstić information content (AvgIpc) is 2.77. The van der Waals surface area contributed by atoms with Gasteiger partial charge in [-0.15, -0.1) is 0 Å². The molecule has 0 aliphatic heterocycles. The van der Waals surface area contributed by atoms with Crippen LogP contribution in [0.1, 0.15) is 83.2 Å². The van der Waals surface area contributed by atoms with E-state index in [0.29, 0.717) is 0 Å². The average molecular weight is 322 g/mol. The van der Waals surface area contributed by atoms with Crippen LogP contribution in [0.4, 0.5) is 0 Å². The molecule has 1 aromatic rings. The number of aryl methyl sites for hydroxylation is 1. The fourth-order valence-electron chi connectivity index (χ4n) is 3.23. The lowest BCUT2D eigenvalue weighted by atomic mass is 10.1. The van der Waals surface area contributed by atoms with E-state index in [2.05, 4.69) is 25.3 Å². The number of hydrogen-bond acceptors (Lipinski definition) is 2. The molecule has 1 heterocycles. The maximum atomic E-state index is 11.0. The van der Waals surface area contributed by atoms with E-state index in [1.165, 1.54) is 44.9 Å². The molecule has 0 saturated carbocycles. The minimum absolute atomic E-state index is 0.0378. The Morgan fingerprint density at radius 2 is 1.65 bits per heavy atom. The van der Waals surface area contributed by atoms with Gasteiger partial charge in [0.2, 0.25) is 0 Å². The van der Waals surface area contributed by atoms with Crippen LogP contribution in [-0.2, 0) is 24.3 Å². The molecule has 0 aliphatic carbocycles. The van der Waals surface area contributed by atoms with Crippen LogP contribution < -0.4 is 9.67 Å². The number of carbonyl (C=O) groups excluding carboxylic acids is 1. The summed E-state index contributed by atoms with van der Waals surface area (Å²) in [6.07, 6.45) is 14.3. The number of unbranched alkanes of at least 4 members (excludes halogenated alkanes) is 7. The highest BCUT2D eigenvalue weighted by Crippen LogP contribution is 2.12. The van der Waals surface area contributed by atoms with Gasteiger partial charge in [-0.25, -0.2) is 9.13 Å². The smallest absolute Gasteiger partial charge is 0.256 e. The fourth-order valence-corrected chi connectivity index (χ4v) is 3.23. The Hall–Kier alpha value is -1.32. The van der Waals surface area contributed by atoms with Crippen molar-refractivity contribution in [2.45, 2.75) is 98.1 Å². The van der Waals surface area contributed by atoms with Gasteiger partial charge in [0.1, 0.15) is 18.4 Å². The van der Waals surface area contributed by atoms with Gasteiger partial charge in [0.25, 0.3) is 5.82 Å². The van der Waals surface area contributed by atoms with E-state index in [-0.39, 0.29) is 6.54 Å². The van der Waals surface area contributed by atoms with Crippen molar-refractivity contribution >= 4 is 5.97 Å². The monoisotopic (exact) mass is 322 g/mol. The summed E-state index contributed by atoms with van der Waals surface area (Å²) in [7, 11) is 0. The van der Waals surface area contributed by atoms with E-state index in [1.807, 2.05) is 10.8 Å². The van der Waals surface area contributed by atoms with Crippen molar-refractivity contribution in [1.82, 2.24) is 4.57 Å². The summed E-state index contributed by atoms with van der Waals surface area (Å²) in [6.45, 7) is 7.37. The molecule has 4 nitrogen and oxygen atoms in total.